The Morgan fingerprint density at radius 3 is 2.48 bits per heavy atom. The fraction of sp³-hybridized carbons (Fsp3) is 0.567. The van der Waals surface area contributed by atoms with Crippen LogP contribution in [-0.4, -0.2) is 82.1 Å². The molecule has 4 heterocycles. The number of piperidine rings is 1. The highest BCUT2D eigenvalue weighted by Crippen LogP contribution is 2.60. The first-order valence-electron chi connectivity index (χ1n) is 14.4. The zero-order valence-electron chi connectivity index (χ0n) is 23.0. The number of rotatable bonds is 6. The van der Waals surface area contributed by atoms with E-state index < -0.39 is 17.3 Å². The smallest absolute Gasteiger partial charge is 0.236 e. The second-order valence-electron chi connectivity index (χ2n) is 11.5. The number of nitrogens with zero attached hydrogens (tertiary/aromatic N) is 3. The number of ether oxygens (including phenoxy) is 2. The zero-order chi connectivity index (χ0) is 27.9. The Bertz CT molecular complexity index is 1240. The van der Waals surface area contributed by atoms with Gasteiger partial charge in [0.1, 0.15) is 23.1 Å². The Labute approximate surface area is 233 Å². The summed E-state index contributed by atoms with van der Waals surface area (Å²) >= 11 is 0. The van der Waals surface area contributed by atoms with Gasteiger partial charge >= 0.3 is 0 Å². The maximum atomic E-state index is 15.9. The van der Waals surface area contributed by atoms with Crippen LogP contribution in [0.2, 0.25) is 0 Å². The molecule has 2 aromatic carbocycles. The monoisotopic (exact) mass is 556 g/mol. The van der Waals surface area contributed by atoms with Crippen molar-refractivity contribution in [3.8, 4) is 11.5 Å². The number of halogens is 2. The van der Waals surface area contributed by atoms with Crippen LogP contribution < -0.4 is 19.9 Å². The van der Waals surface area contributed by atoms with E-state index in [-0.39, 0.29) is 23.2 Å². The van der Waals surface area contributed by atoms with Crippen molar-refractivity contribution in [3.05, 3.63) is 47.5 Å². The van der Waals surface area contributed by atoms with Gasteiger partial charge in [-0.1, -0.05) is 0 Å². The van der Waals surface area contributed by atoms with Crippen LogP contribution in [0.3, 0.4) is 0 Å². The number of carbonyl (C=O) groups is 1. The van der Waals surface area contributed by atoms with E-state index in [0.29, 0.717) is 49.0 Å². The van der Waals surface area contributed by atoms with Crippen molar-refractivity contribution in [2.75, 3.05) is 75.9 Å². The minimum Gasteiger partial charge on any atom is -0.506 e. The molecule has 1 spiro atoms. The number of hydrogen-bond donors (Lipinski definition) is 2. The minimum absolute atomic E-state index is 0.0743. The third-order valence-electron chi connectivity index (χ3n) is 9.28. The molecular formula is C30H38F2N4O4. The maximum Gasteiger partial charge on any atom is 0.236 e. The molecule has 4 aliphatic heterocycles. The van der Waals surface area contributed by atoms with Crippen molar-refractivity contribution in [2.24, 2.45) is 11.3 Å². The number of anilines is 2. The maximum absolute atomic E-state index is 15.9. The SMILES string of the molecule is COc1cc(N2CCC(CN3CCNCC3)CC2)c(F)cc1[C@@H]1N(c2cc(F)ccc2O)C(=O)C12CCOCC2. The van der Waals surface area contributed by atoms with Gasteiger partial charge in [-0.15, -0.1) is 0 Å². The van der Waals surface area contributed by atoms with Gasteiger partial charge in [0.25, 0.3) is 0 Å². The van der Waals surface area contributed by atoms with Gasteiger partial charge in [-0.25, -0.2) is 8.78 Å². The molecule has 216 valence electrons. The lowest BCUT2D eigenvalue weighted by Crippen LogP contribution is -2.65. The summed E-state index contributed by atoms with van der Waals surface area (Å²) in [6.45, 7) is 7.65. The third kappa shape index (κ3) is 4.80. The summed E-state index contributed by atoms with van der Waals surface area (Å²) in [5, 5.41) is 14.0. The van der Waals surface area contributed by atoms with Crippen LogP contribution in [0.5, 0.6) is 11.5 Å². The highest BCUT2D eigenvalue weighted by molar-refractivity contribution is 6.07. The second-order valence-corrected chi connectivity index (χ2v) is 11.5. The Morgan fingerprint density at radius 1 is 1.05 bits per heavy atom. The Hall–Kier alpha value is -2.95. The van der Waals surface area contributed by atoms with E-state index in [4.69, 9.17) is 9.47 Å². The summed E-state index contributed by atoms with van der Waals surface area (Å²) in [5.74, 6) is -0.298. The molecule has 0 saturated carbocycles. The summed E-state index contributed by atoms with van der Waals surface area (Å²) in [6.07, 6.45) is 2.91. The van der Waals surface area contributed by atoms with E-state index in [2.05, 4.69) is 15.1 Å². The van der Waals surface area contributed by atoms with Crippen LogP contribution in [0.4, 0.5) is 20.2 Å². The van der Waals surface area contributed by atoms with E-state index in [0.717, 1.165) is 70.8 Å². The van der Waals surface area contributed by atoms with Crippen LogP contribution in [0.25, 0.3) is 0 Å². The van der Waals surface area contributed by atoms with Crippen LogP contribution in [0.1, 0.15) is 37.3 Å². The van der Waals surface area contributed by atoms with E-state index >= 15 is 4.39 Å². The number of aromatic hydroxyl groups is 1. The van der Waals surface area contributed by atoms with Crippen molar-refractivity contribution >= 4 is 17.3 Å². The van der Waals surface area contributed by atoms with Crippen molar-refractivity contribution in [3.63, 3.8) is 0 Å². The van der Waals surface area contributed by atoms with E-state index in [1.807, 2.05) is 0 Å². The molecule has 1 amide bonds. The normalized spacial score (nSPS) is 23.9. The molecule has 0 bridgehead atoms. The summed E-state index contributed by atoms with van der Waals surface area (Å²) < 4.78 is 41.5. The van der Waals surface area contributed by atoms with Crippen molar-refractivity contribution < 1.29 is 28.2 Å². The summed E-state index contributed by atoms with van der Waals surface area (Å²) in [6, 6.07) is 6.11. The van der Waals surface area contributed by atoms with E-state index in [1.165, 1.54) is 17.0 Å². The second kappa shape index (κ2) is 11.1. The molecular weight excluding hydrogens is 518 g/mol. The first-order valence-corrected chi connectivity index (χ1v) is 14.4. The molecule has 4 aliphatic rings. The number of piperazine rings is 1. The van der Waals surface area contributed by atoms with Gasteiger partial charge in [0.15, 0.2) is 0 Å². The fourth-order valence-electron chi connectivity index (χ4n) is 7.06. The first-order chi connectivity index (χ1) is 19.4. The standard InChI is InChI=1S/C30H38F2N4O4/c1-39-27-18-24(35-10-4-20(5-11-35)19-34-12-8-33-9-13-34)23(32)17-22(27)28-30(6-14-40-15-7-30)29(38)36(28)25-16-21(31)2-3-26(25)37/h2-3,16-18,20,28,33,37H,4-15,19H2,1H3/t28-/m0/s1. The summed E-state index contributed by atoms with van der Waals surface area (Å²) in [7, 11) is 1.54. The molecule has 2 N–H and O–H groups in total. The van der Waals surface area contributed by atoms with Crippen LogP contribution in [0, 0.1) is 23.0 Å². The third-order valence-corrected chi connectivity index (χ3v) is 9.28. The lowest BCUT2D eigenvalue weighted by Gasteiger charge is -2.57. The molecule has 4 saturated heterocycles. The molecule has 40 heavy (non-hydrogen) atoms. The number of nitrogens with one attached hydrogen (secondary N) is 1. The minimum atomic E-state index is -0.833. The topological polar surface area (TPSA) is 77.5 Å². The van der Waals surface area contributed by atoms with Crippen LogP contribution in [-0.2, 0) is 9.53 Å². The van der Waals surface area contributed by atoms with Gasteiger partial charge in [0.05, 0.1) is 29.9 Å². The first kappa shape index (κ1) is 27.2. The number of amides is 1. The molecule has 4 fully saturated rings. The van der Waals surface area contributed by atoms with Crippen LogP contribution in [0.15, 0.2) is 30.3 Å². The van der Waals surface area contributed by atoms with E-state index in [1.54, 1.807) is 13.2 Å². The molecule has 0 radical (unpaired) electrons. The molecule has 2 aromatic rings. The lowest BCUT2D eigenvalue weighted by atomic mass is 9.62. The lowest BCUT2D eigenvalue weighted by molar-refractivity contribution is -0.149. The predicted molar refractivity (Wildman–Crippen MR) is 148 cm³/mol. The molecule has 10 heteroatoms. The van der Waals surface area contributed by atoms with Crippen molar-refractivity contribution in [2.45, 2.75) is 31.7 Å². The molecule has 6 rings (SSSR count). The van der Waals surface area contributed by atoms with Crippen molar-refractivity contribution in [1.29, 1.82) is 0 Å². The number of β-lactam (4-membered cyclic amide) rings is 1. The zero-order valence-corrected chi connectivity index (χ0v) is 23.0. The predicted octanol–water partition coefficient (Wildman–Crippen LogP) is 3.69. The molecule has 0 aliphatic carbocycles. The van der Waals surface area contributed by atoms with Gasteiger partial charge in [0, 0.05) is 76.7 Å². The van der Waals surface area contributed by atoms with Crippen LogP contribution >= 0.6 is 0 Å². The Morgan fingerprint density at radius 2 is 1.77 bits per heavy atom. The summed E-state index contributed by atoms with van der Waals surface area (Å²) in [4.78, 5) is 19.6. The largest absolute Gasteiger partial charge is 0.506 e. The molecule has 8 nitrogen and oxygen atoms in total. The molecule has 1 atom stereocenters. The number of benzene rings is 2. The molecule has 0 aromatic heterocycles. The quantitative estimate of drug-likeness (QED) is 0.526. The number of phenols is 1. The average Bonchev–Trinajstić information content (AvgIpc) is 2.98. The van der Waals surface area contributed by atoms with Gasteiger partial charge in [0.2, 0.25) is 5.91 Å². The highest BCUT2D eigenvalue weighted by Gasteiger charge is 2.63. The van der Waals surface area contributed by atoms with Gasteiger partial charge in [-0.3, -0.25) is 9.69 Å². The fourth-order valence-corrected chi connectivity index (χ4v) is 7.06. The number of hydrogen-bond acceptors (Lipinski definition) is 7. The van der Waals surface area contributed by atoms with Gasteiger partial charge in [-0.2, -0.15) is 0 Å². The van der Waals surface area contributed by atoms with E-state index in [9.17, 15) is 14.3 Å². The van der Waals surface area contributed by atoms with Crippen molar-refractivity contribution in [1.82, 2.24) is 10.2 Å². The molecule has 0 unspecified atom stereocenters. The van der Waals surface area contributed by atoms with Gasteiger partial charge < -0.3 is 29.7 Å². The highest BCUT2D eigenvalue weighted by atomic mass is 19.1. The summed E-state index contributed by atoms with van der Waals surface area (Å²) in [5.41, 5.74) is 0.251. The Balaban J connectivity index is 1.28. The average molecular weight is 557 g/mol. The Kier molecular flexibility index (Phi) is 7.58. The number of carbonyl (C=O) groups excluding carboxylic acids is 1. The number of phenolic OH excluding ortho intramolecular Hbond substituents is 1. The van der Waals surface area contributed by atoms with Gasteiger partial charge in [-0.05, 0) is 49.8 Å². The number of methoxy groups -OCH3 is 1.